The molecule has 4 N–H and O–H groups in total. The summed E-state index contributed by atoms with van der Waals surface area (Å²) in [5, 5.41) is 10.8. The number of nitrogens with one attached hydrogen (secondary N) is 2. The molecule has 2 aliphatic rings. The van der Waals surface area contributed by atoms with Gasteiger partial charge in [0.1, 0.15) is 11.6 Å². The molecule has 2 aliphatic heterocycles. The molecule has 0 saturated carbocycles. The molecule has 0 aromatic carbocycles. The fraction of sp³-hybridized carbons (Fsp3) is 0.471. The molecule has 134 valence electrons. The van der Waals surface area contributed by atoms with Crippen molar-refractivity contribution in [3.63, 3.8) is 0 Å². The summed E-state index contributed by atoms with van der Waals surface area (Å²) in [5.74, 6) is 1.92. The van der Waals surface area contributed by atoms with Gasteiger partial charge in [-0.15, -0.1) is 0 Å². The number of piperidine rings is 1. The minimum atomic E-state index is 0.583. The van der Waals surface area contributed by atoms with E-state index in [-0.39, 0.29) is 0 Å². The van der Waals surface area contributed by atoms with Crippen molar-refractivity contribution in [2.45, 2.75) is 19.3 Å². The minimum Gasteiger partial charge on any atom is -0.384 e. The second-order valence-electron chi connectivity index (χ2n) is 6.36. The highest BCUT2D eigenvalue weighted by molar-refractivity contribution is 9.12. The highest BCUT2D eigenvalue weighted by Crippen LogP contribution is 2.28. The Bertz CT molecular complexity index is 751. The van der Waals surface area contributed by atoms with Gasteiger partial charge in [0, 0.05) is 37.6 Å². The van der Waals surface area contributed by atoms with Gasteiger partial charge in [-0.1, -0.05) is 0 Å². The molecule has 1 aromatic heterocycles. The van der Waals surface area contributed by atoms with Crippen LogP contribution in [0.15, 0.2) is 38.5 Å². The van der Waals surface area contributed by atoms with Gasteiger partial charge in [0.15, 0.2) is 0 Å². The SMILES string of the molecule is C/N=C\C(=C1\N=C(CC2CCNCC2)C(Br)=C(N)N1)c1cnn(C)c1. The number of hydrogen-bond donors (Lipinski definition) is 3. The van der Waals surface area contributed by atoms with Crippen LogP contribution in [0.25, 0.3) is 5.57 Å². The van der Waals surface area contributed by atoms with Gasteiger partial charge in [-0.25, -0.2) is 4.99 Å². The van der Waals surface area contributed by atoms with Crippen molar-refractivity contribution in [3.05, 3.63) is 34.1 Å². The van der Waals surface area contributed by atoms with Crippen molar-refractivity contribution >= 4 is 33.4 Å². The molecule has 0 amide bonds. The molecule has 7 nitrogen and oxygen atoms in total. The van der Waals surface area contributed by atoms with Gasteiger partial charge in [0.25, 0.3) is 0 Å². The summed E-state index contributed by atoms with van der Waals surface area (Å²) in [4.78, 5) is 9.04. The van der Waals surface area contributed by atoms with Crippen LogP contribution in [-0.2, 0) is 7.05 Å². The smallest absolute Gasteiger partial charge is 0.141 e. The van der Waals surface area contributed by atoms with Gasteiger partial charge < -0.3 is 16.4 Å². The van der Waals surface area contributed by atoms with Crippen LogP contribution in [0.1, 0.15) is 24.8 Å². The molecule has 1 fully saturated rings. The molecule has 1 aromatic rings. The van der Waals surface area contributed by atoms with Gasteiger partial charge in [0.2, 0.25) is 0 Å². The van der Waals surface area contributed by atoms with E-state index in [1.54, 1.807) is 24.1 Å². The maximum atomic E-state index is 6.21. The zero-order valence-corrected chi connectivity index (χ0v) is 16.2. The summed E-state index contributed by atoms with van der Waals surface area (Å²) in [6, 6.07) is 0. The average Bonchev–Trinajstić information content (AvgIpc) is 3.03. The van der Waals surface area contributed by atoms with Crippen molar-refractivity contribution in [3.8, 4) is 0 Å². The number of rotatable bonds is 4. The second kappa shape index (κ2) is 7.97. The number of halogens is 1. The highest BCUT2D eigenvalue weighted by atomic mass is 79.9. The Kier molecular flexibility index (Phi) is 5.70. The van der Waals surface area contributed by atoms with Crippen molar-refractivity contribution < 1.29 is 0 Å². The molecule has 0 atom stereocenters. The first-order chi connectivity index (χ1) is 12.1. The lowest BCUT2D eigenvalue weighted by Crippen LogP contribution is -2.32. The standard InChI is InChI=1S/C17H24BrN7/c1-20-9-13(12-8-22-25(2)10-12)17-23-14(15(18)16(19)24-17)7-11-3-5-21-6-4-11/h8-11,21,24H,3-7,19H2,1-2H3/b17-13+,20-9-. The van der Waals surface area contributed by atoms with Gasteiger partial charge in [0.05, 0.1) is 16.4 Å². The largest absolute Gasteiger partial charge is 0.384 e. The number of nitrogens with zero attached hydrogens (tertiary/aromatic N) is 4. The first-order valence-corrected chi connectivity index (χ1v) is 9.24. The van der Waals surface area contributed by atoms with E-state index >= 15 is 0 Å². The van der Waals surface area contributed by atoms with Crippen LogP contribution in [0, 0.1) is 5.92 Å². The third-order valence-corrected chi connectivity index (χ3v) is 5.34. The number of nitrogens with two attached hydrogens (primary N) is 1. The molecule has 0 aliphatic carbocycles. The first-order valence-electron chi connectivity index (χ1n) is 8.45. The van der Waals surface area contributed by atoms with Crippen molar-refractivity contribution in [1.82, 2.24) is 20.4 Å². The van der Waals surface area contributed by atoms with E-state index in [9.17, 15) is 0 Å². The Morgan fingerprint density at radius 2 is 2.24 bits per heavy atom. The molecular weight excluding hydrogens is 382 g/mol. The zero-order valence-electron chi connectivity index (χ0n) is 14.6. The van der Waals surface area contributed by atoms with E-state index in [2.05, 4.69) is 36.7 Å². The summed E-state index contributed by atoms with van der Waals surface area (Å²) >= 11 is 3.60. The van der Waals surface area contributed by atoms with Crippen LogP contribution in [0.2, 0.25) is 0 Å². The van der Waals surface area contributed by atoms with Crippen molar-refractivity contribution in [1.29, 1.82) is 0 Å². The van der Waals surface area contributed by atoms with E-state index in [0.717, 1.165) is 53.7 Å². The summed E-state index contributed by atoms with van der Waals surface area (Å²) < 4.78 is 2.62. The summed E-state index contributed by atoms with van der Waals surface area (Å²) in [6.45, 7) is 2.14. The third kappa shape index (κ3) is 4.19. The number of allylic oxidation sites excluding steroid dienone is 2. The lowest BCUT2D eigenvalue weighted by Gasteiger charge is -2.26. The predicted molar refractivity (Wildman–Crippen MR) is 105 cm³/mol. The van der Waals surface area contributed by atoms with E-state index < -0.39 is 0 Å². The van der Waals surface area contributed by atoms with Crippen LogP contribution < -0.4 is 16.4 Å². The van der Waals surface area contributed by atoms with E-state index in [4.69, 9.17) is 10.7 Å². The molecule has 1 saturated heterocycles. The van der Waals surface area contributed by atoms with Gasteiger partial charge in [-0.3, -0.25) is 9.67 Å². The Morgan fingerprint density at radius 3 is 2.88 bits per heavy atom. The lowest BCUT2D eigenvalue weighted by molar-refractivity contribution is 0.384. The van der Waals surface area contributed by atoms with E-state index in [1.807, 2.05) is 13.2 Å². The topological polar surface area (TPSA) is 92.6 Å². The van der Waals surface area contributed by atoms with Crippen LogP contribution in [-0.4, -0.2) is 41.8 Å². The molecular formula is C17H24BrN7. The number of aliphatic imine (C=N–C) groups is 2. The number of aromatic nitrogens is 2. The number of hydrogen-bond acceptors (Lipinski definition) is 6. The Balaban J connectivity index is 1.96. The van der Waals surface area contributed by atoms with Gasteiger partial charge >= 0.3 is 0 Å². The van der Waals surface area contributed by atoms with Crippen LogP contribution in [0.4, 0.5) is 0 Å². The summed E-state index contributed by atoms with van der Waals surface area (Å²) in [6.07, 6.45) is 8.78. The van der Waals surface area contributed by atoms with Gasteiger partial charge in [-0.2, -0.15) is 5.10 Å². The van der Waals surface area contributed by atoms with Crippen LogP contribution >= 0.6 is 15.9 Å². The van der Waals surface area contributed by atoms with E-state index in [0.29, 0.717) is 17.6 Å². The molecule has 3 rings (SSSR count). The van der Waals surface area contributed by atoms with Gasteiger partial charge in [-0.05, 0) is 54.2 Å². The molecule has 0 unspecified atom stereocenters. The third-order valence-electron chi connectivity index (χ3n) is 4.46. The van der Waals surface area contributed by atoms with Crippen molar-refractivity contribution in [2.24, 2.45) is 28.7 Å². The zero-order chi connectivity index (χ0) is 17.8. The predicted octanol–water partition coefficient (Wildman–Crippen LogP) is 1.75. The lowest BCUT2D eigenvalue weighted by atomic mass is 9.92. The first kappa shape index (κ1) is 17.9. The average molecular weight is 406 g/mol. The molecule has 8 heteroatoms. The second-order valence-corrected chi connectivity index (χ2v) is 7.15. The maximum absolute atomic E-state index is 6.21. The van der Waals surface area contributed by atoms with E-state index in [1.165, 1.54) is 0 Å². The fourth-order valence-corrected chi connectivity index (χ4v) is 3.48. The monoisotopic (exact) mass is 405 g/mol. The Hall–Kier alpha value is -1.93. The normalized spacial score (nSPS) is 21.5. The summed E-state index contributed by atoms with van der Waals surface area (Å²) in [7, 11) is 3.63. The number of aryl methyl sites for hydroxylation is 1. The molecule has 25 heavy (non-hydrogen) atoms. The van der Waals surface area contributed by atoms with Crippen LogP contribution in [0.3, 0.4) is 0 Å². The molecule has 0 spiro atoms. The molecule has 3 heterocycles. The summed E-state index contributed by atoms with van der Waals surface area (Å²) in [5.41, 5.74) is 9.03. The maximum Gasteiger partial charge on any atom is 0.141 e. The molecule has 0 bridgehead atoms. The van der Waals surface area contributed by atoms with Crippen LogP contribution in [0.5, 0.6) is 0 Å². The molecule has 0 radical (unpaired) electrons. The highest BCUT2D eigenvalue weighted by Gasteiger charge is 2.23. The Morgan fingerprint density at radius 1 is 1.48 bits per heavy atom. The fourth-order valence-electron chi connectivity index (χ4n) is 3.13. The Labute approximate surface area is 156 Å². The quantitative estimate of drug-likeness (QED) is 0.665. The van der Waals surface area contributed by atoms with Crippen molar-refractivity contribution in [2.75, 3.05) is 20.1 Å². The minimum absolute atomic E-state index is 0.583.